The minimum absolute atomic E-state index is 0.00680. The number of carboxylic acid groups (broad SMARTS) is 1. The highest BCUT2D eigenvalue weighted by molar-refractivity contribution is 5.79. The second kappa shape index (κ2) is 11.0. The lowest BCUT2D eigenvalue weighted by Crippen LogP contribution is -2.40. The summed E-state index contributed by atoms with van der Waals surface area (Å²) in [6.07, 6.45) is 3.87. The van der Waals surface area contributed by atoms with Gasteiger partial charge in [0.2, 0.25) is 5.91 Å². The third-order valence-electron chi connectivity index (χ3n) is 6.12. The Labute approximate surface area is 198 Å². The van der Waals surface area contributed by atoms with Gasteiger partial charge in [-0.2, -0.15) is 0 Å². The summed E-state index contributed by atoms with van der Waals surface area (Å²) < 4.78 is 10.8. The number of carbonyl (C=O) groups is 3. The van der Waals surface area contributed by atoms with Crippen molar-refractivity contribution in [3.8, 4) is 11.1 Å². The number of carboxylic acids is 1. The molecule has 3 N–H and O–H groups in total. The summed E-state index contributed by atoms with van der Waals surface area (Å²) >= 11 is 0. The Bertz CT molecular complexity index is 1040. The number of rotatable bonds is 9. The number of allylic oxidation sites excluding steroid dienone is 1. The maximum Gasteiger partial charge on any atom is 0.407 e. The molecule has 8 heteroatoms. The molecular formula is C26H28N2O6. The van der Waals surface area contributed by atoms with E-state index in [0.29, 0.717) is 12.8 Å². The second-order valence-electron chi connectivity index (χ2n) is 8.41. The van der Waals surface area contributed by atoms with Gasteiger partial charge >= 0.3 is 12.1 Å². The minimum Gasteiger partial charge on any atom is -0.481 e. The van der Waals surface area contributed by atoms with Gasteiger partial charge in [-0.15, -0.1) is 0 Å². The number of carbonyl (C=O) groups excluding carboxylic acids is 2. The van der Waals surface area contributed by atoms with Crippen LogP contribution in [0.4, 0.5) is 4.79 Å². The van der Waals surface area contributed by atoms with Crippen LogP contribution in [0, 0.1) is 5.92 Å². The van der Waals surface area contributed by atoms with Crippen molar-refractivity contribution >= 4 is 18.0 Å². The van der Waals surface area contributed by atoms with Crippen molar-refractivity contribution in [3.63, 3.8) is 0 Å². The number of ether oxygens (including phenoxy) is 2. The molecule has 34 heavy (non-hydrogen) atoms. The van der Waals surface area contributed by atoms with Gasteiger partial charge in [0.1, 0.15) is 13.2 Å². The zero-order chi connectivity index (χ0) is 23.9. The van der Waals surface area contributed by atoms with Gasteiger partial charge in [0.15, 0.2) is 0 Å². The molecule has 0 saturated heterocycles. The Balaban J connectivity index is 1.14. The molecule has 4 rings (SSSR count). The first-order valence-corrected chi connectivity index (χ1v) is 11.4. The molecular weight excluding hydrogens is 436 g/mol. The number of amides is 2. The Morgan fingerprint density at radius 1 is 1.00 bits per heavy atom. The van der Waals surface area contributed by atoms with Crippen LogP contribution < -0.4 is 10.6 Å². The third kappa shape index (κ3) is 5.63. The number of benzene rings is 2. The van der Waals surface area contributed by atoms with Gasteiger partial charge in [0, 0.05) is 18.5 Å². The van der Waals surface area contributed by atoms with Crippen LogP contribution in [0.2, 0.25) is 0 Å². The van der Waals surface area contributed by atoms with Gasteiger partial charge in [0.25, 0.3) is 0 Å². The zero-order valence-electron chi connectivity index (χ0n) is 18.7. The van der Waals surface area contributed by atoms with E-state index in [9.17, 15) is 14.4 Å². The van der Waals surface area contributed by atoms with Crippen molar-refractivity contribution in [3.05, 3.63) is 71.8 Å². The van der Waals surface area contributed by atoms with Gasteiger partial charge in [-0.25, -0.2) is 4.79 Å². The summed E-state index contributed by atoms with van der Waals surface area (Å²) in [7, 11) is 0. The van der Waals surface area contributed by atoms with Crippen LogP contribution in [-0.4, -0.2) is 55.5 Å². The summed E-state index contributed by atoms with van der Waals surface area (Å²) in [5, 5.41) is 14.5. The largest absolute Gasteiger partial charge is 0.481 e. The van der Waals surface area contributed by atoms with E-state index in [1.165, 1.54) is 11.1 Å². The highest BCUT2D eigenvalue weighted by Crippen LogP contribution is 2.44. The smallest absolute Gasteiger partial charge is 0.407 e. The van der Waals surface area contributed by atoms with Gasteiger partial charge in [-0.3, -0.25) is 9.59 Å². The number of aliphatic carboxylic acids is 1. The van der Waals surface area contributed by atoms with Gasteiger partial charge < -0.3 is 25.2 Å². The average molecular weight is 465 g/mol. The molecule has 0 fully saturated rings. The first-order valence-electron chi connectivity index (χ1n) is 11.4. The van der Waals surface area contributed by atoms with Crippen molar-refractivity contribution in [2.75, 3.05) is 26.4 Å². The molecule has 0 spiro atoms. The normalized spacial score (nSPS) is 18.6. The fraction of sp³-hybridized carbons (Fsp3) is 0.346. The Morgan fingerprint density at radius 2 is 1.68 bits per heavy atom. The Hall–Kier alpha value is -3.65. The van der Waals surface area contributed by atoms with E-state index in [2.05, 4.69) is 34.9 Å². The lowest BCUT2D eigenvalue weighted by atomic mass is 9.91. The quantitative estimate of drug-likeness (QED) is 0.388. The highest BCUT2D eigenvalue weighted by Gasteiger charge is 2.29. The van der Waals surface area contributed by atoms with Crippen LogP contribution in [0.5, 0.6) is 0 Å². The second-order valence-corrected chi connectivity index (χ2v) is 8.41. The van der Waals surface area contributed by atoms with Crippen LogP contribution in [0.25, 0.3) is 11.1 Å². The molecule has 178 valence electrons. The fourth-order valence-corrected chi connectivity index (χ4v) is 4.49. The Morgan fingerprint density at radius 3 is 2.35 bits per heavy atom. The molecule has 0 aromatic heterocycles. The molecule has 0 aliphatic heterocycles. The molecule has 2 amide bonds. The predicted octanol–water partition coefficient (Wildman–Crippen LogP) is 3.08. The van der Waals surface area contributed by atoms with Gasteiger partial charge in [-0.1, -0.05) is 60.7 Å². The summed E-state index contributed by atoms with van der Waals surface area (Å²) in [6, 6.07) is 15.9. The van der Waals surface area contributed by atoms with Crippen molar-refractivity contribution in [2.45, 2.75) is 24.8 Å². The number of hydrogen-bond acceptors (Lipinski definition) is 5. The molecule has 2 aliphatic rings. The molecule has 0 heterocycles. The van der Waals surface area contributed by atoms with E-state index in [4.69, 9.17) is 14.6 Å². The number of fused-ring (bicyclic) bond motifs is 3. The molecule has 2 aliphatic carbocycles. The molecule has 0 saturated carbocycles. The first-order chi connectivity index (χ1) is 16.5. The van der Waals surface area contributed by atoms with Gasteiger partial charge in [0.05, 0.1) is 12.5 Å². The molecule has 0 bridgehead atoms. The lowest BCUT2D eigenvalue weighted by Gasteiger charge is -2.22. The molecule has 2 aromatic carbocycles. The van der Waals surface area contributed by atoms with Crippen LogP contribution in [-0.2, 0) is 19.1 Å². The predicted molar refractivity (Wildman–Crippen MR) is 125 cm³/mol. The fourth-order valence-electron chi connectivity index (χ4n) is 4.49. The summed E-state index contributed by atoms with van der Waals surface area (Å²) in [6.45, 7) is 0.411. The third-order valence-corrected chi connectivity index (χ3v) is 6.12. The maximum absolute atomic E-state index is 12.1. The van der Waals surface area contributed by atoms with E-state index in [-0.39, 0.29) is 44.2 Å². The molecule has 2 aromatic rings. The number of nitrogens with one attached hydrogen (secondary N) is 2. The van der Waals surface area contributed by atoms with Crippen molar-refractivity contribution < 1.29 is 29.0 Å². The van der Waals surface area contributed by atoms with E-state index >= 15 is 0 Å². The highest BCUT2D eigenvalue weighted by atomic mass is 16.5. The topological polar surface area (TPSA) is 114 Å². The summed E-state index contributed by atoms with van der Waals surface area (Å²) in [5.41, 5.74) is 4.63. The van der Waals surface area contributed by atoms with E-state index in [1.54, 1.807) is 12.2 Å². The SMILES string of the molecule is O=C(COCCNC(=O)OCC1c2ccccc2-c2ccccc21)N[C@@H]1C=CC[C@@H](C(=O)O)C1. The molecule has 8 nitrogen and oxygen atoms in total. The first kappa shape index (κ1) is 23.5. The minimum atomic E-state index is -0.862. The van der Waals surface area contributed by atoms with Crippen molar-refractivity contribution in [2.24, 2.45) is 5.92 Å². The maximum atomic E-state index is 12.1. The lowest BCUT2D eigenvalue weighted by molar-refractivity contribution is -0.142. The number of alkyl carbamates (subject to hydrolysis) is 1. The average Bonchev–Trinajstić information content (AvgIpc) is 3.16. The van der Waals surface area contributed by atoms with Crippen LogP contribution in [0.15, 0.2) is 60.7 Å². The van der Waals surface area contributed by atoms with Gasteiger partial charge in [-0.05, 0) is 35.1 Å². The van der Waals surface area contributed by atoms with E-state index in [0.717, 1.165) is 11.1 Å². The van der Waals surface area contributed by atoms with Crippen LogP contribution in [0.3, 0.4) is 0 Å². The van der Waals surface area contributed by atoms with Crippen LogP contribution in [0.1, 0.15) is 29.9 Å². The monoisotopic (exact) mass is 464 g/mol. The summed E-state index contributed by atoms with van der Waals surface area (Å²) in [4.78, 5) is 35.3. The zero-order valence-corrected chi connectivity index (χ0v) is 18.7. The van der Waals surface area contributed by atoms with Crippen LogP contribution >= 0.6 is 0 Å². The molecule has 2 atom stereocenters. The molecule has 0 unspecified atom stereocenters. The Kier molecular flexibility index (Phi) is 7.59. The van der Waals surface area contributed by atoms with E-state index < -0.39 is 18.0 Å². The van der Waals surface area contributed by atoms with Crippen molar-refractivity contribution in [1.82, 2.24) is 10.6 Å². The van der Waals surface area contributed by atoms with E-state index in [1.807, 2.05) is 24.3 Å². The molecule has 0 radical (unpaired) electrons. The number of hydrogen-bond donors (Lipinski definition) is 3. The van der Waals surface area contributed by atoms with Crippen molar-refractivity contribution in [1.29, 1.82) is 0 Å². The summed E-state index contributed by atoms with van der Waals surface area (Å²) in [5.74, 6) is -1.69. The standard InChI is InChI=1S/C26H28N2O6/c29-24(28-18-7-5-6-17(14-18)25(30)31)16-33-13-12-27-26(32)34-15-23-21-10-3-1-8-19(21)20-9-2-4-11-22(20)23/h1-5,7-11,17-18,23H,6,12-16H2,(H,27,32)(H,28,29)(H,30,31)/t17-,18-/m1/s1.